The molecule has 0 radical (unpaired) electrons. The molecular weight excluding hydrogens is 366 g/mol. The predicted molar refractivity (Wildman–Crippen MR) is 96.1 cm³/mol. The normalized spacial score (nSPS) is 16.2. The van der Waals surface area contributed by atoms with Gasteiger partial charge in [0.05, 0.1) is 12.1 Å². The molecule has 1 aliphatic heterocycles. The summed E-state index contributed by atoms with van der Waals surface area (Å²) in [5.74, 6) is -0.187. The standard InChI is InChI=1S/C15H19N3O3S3/c1-11-10-22-15(16-11)17-13(19)9-12-5-6-14(23-12)24(20,21)18-7-3-2-4-8-18/h5-6,10H,2-4,7-9H2,1H3,(H,16,17,19). The molecule has 0 atom stereocenters. The van der Waals surface area contributed by atoms with Gasteiger partial charge in [-0.1, -0.05) is 6.42 Å². The fourth-order valence-corrected chi connectivity index (χ4v) is 6.29. The molecule has 0 unspecified atom stereocenters. The maximum absolute atomic E-state index is 12.6. The van der Waals surface area contributed by atoms with Gasteiger partial charge < -0.3 is 5.32 Å². The number of amides is 1. The van der Waals surface area contributed by atoms with Crippen LogP contribution in [-0.2, 0) is 21.2 Å². The highest BCUT2D eigenvalue weighted by Crippen LogP contribution is 2.27. The first-order valence-electron chi connectivity index (χ1n) is 7.76. The smallest absolute Gasteiger partial charge is 0.252 e. The molecule has 1 N–H and O–H groups in total. The zero-order valence-corrected chi connectivity index (χ0v) is 15.8. The Morgan fingerprint density at radius 2 is 2.04 bits per heavy atom. The van der Waals surface area contributed by atoms with E-state index in [4.69, 9.17) is 0 Å². The molecule has 3 heterocycles. The van der Waals surface area contributed by atoms with E-state index in [9.17, 15) is 13.2 Å². The molecule has 2 aromatic heterocycles. The molecule has 1 fully saturated rings. The van der Waals surface area contributed by atoms with Crippen molar-refractivity contribution in [3.05, 3.63) is 28.1 Å². The molecule has 1 aliphatic rings. The third-order valence-electron chi connectivity index (χ3n) is 3.75. The lowest BCUT2D eigenvalue weighted by Crippen LogP contribution is -2.35. The van der Waals surface area contributed by atoms with E-state index in [1.807, 2.05) is 12.3 Å². The van der Waals surface area contributed by atoms with Crippen LogP contribution < -0.4 is 5.32 Å². The summed E-state index contributed by atoms with van der Waals surface area (Å²) in [6.07, 6.45) is 3.05. The van der Waals surface area contributed by atoms with E-state index >= 15 is 0 Å². The first kappa shape index (κ1) is 17.5. The quantitative estimate of drug-likeness (QED) is 0.858. The molecule has 0 aromatic carbocycles. The number of rotatable bonds is 5. The molecule has 24 heavy (non-hydrogen) atoms. The van der Waals surface area contributed by atoms with Gasteiger partial charge in [-0.05, 0) is 31.9 Å². The molecule has 1 amide bonds. The number of carbonyl (C=O) groups is 1. The van der Waals surface area contributed by atoms with E-state index in [0.29, 0.717) is 22.4 Å². The molecule has 6 nitrogen and oxygen atoms in total. The van der Waals surface area contributed by atoms with Crippen LogP contribution in [-0.4, -0.2) is 36.7 Å². The Bertz CT molecular complexity index is 820. The lowest BCUT2D eigenvalue weighted by molar-refractivity contribution is -0.115. The minimum atomic E-state index is -3.42. The zero-order valence-electron chi connectivity index (χ0n) is 13.3. The highest BCUT2D eigenvalue weighted by Gasteiger charge is 2.27. The Hall–Kier alpha value is -1.29. The van der Waals surface area contributed by atoms with Crippen LogP contribution in [0.5, 0.6) is 0 Å². The van der Waals surface area contributed by atoms with Crippen molar-refractivity contribution in [1.82, 2.24) is 9.29 Å². The SMILES string of the molecule is Cc1csc(NC(=O)Cc2ccc(S(=O)(=O)N3CCCCC3)s2)n1. The van der Waals surface area contributed by atoms with Gasteiger partial charge in [-0.25, -0.2) is 13.4 Å². The molecule has 0 spiro atoms. The van der Waals surface area contributed by atoms with Gasteiger partial charge in [0.1, 0.15) is 4.21 Å². The van der Waals surface area contributed by atoms with Crippen molar-refractivity contribution >= 4 is 43.7 Å². The maximum Gasteiger partial charge on any atom is 0.252 e. The number of hydrogen-bond acceptors (Lipinski definition) is 6. The summed E-state index contributed by atoms with van der Waals surface area (Å²) < 4.78 is 27.1. The van der Waals surface area contributed by atoms with Crippen LogP contribution in [0.4, 0.5) is 5.13 Å². The van der Waals surface area contributed by atoms with Gasteiger partial charge in [0.15, 0.2) is 5.13 Å². The summed E-state index contributed by atoms with van der Waals surface area (Å²) in [6.45, 7) is 3.03. The Morgan fingerprint density at radius 3 is 2.71 bits per heavy atom. The van der Waals surface area contributed by atoms with Crippen molar-refractivity contribution in [3.8, 4) is 0 Å². The largest absolute Gasteiger partial charge is 0.302 e. The van der Waals surface area contributed by atoms with E-state index in [0.717, 1.165) is 29.8 Å². The van der Waals surface area contributed by atoms with Gasteiger partial charge >= 0.3 is 0 Å². The molecule has 0 saturated carbocycles. The second-order valence-electron chi connectivity index (χ2n) is 5.70. The molecule has 0 aliphatic carbocycles. The lowest BCUT2D eigenvalue weighted by atomic mass is 10.2. The molecule has 1 saturated heterocycles. The van der Waals surface area contributed by atoms with Crippen molar-refractivity contribution < 1.29 is 13.2 Å². The summed E-state index contributed by atoms with van der Waals surface area (Å²) in [7, 11) is -3.42. The van der Waals surface area contributed by atoms with Gasteiger partial charge in [-0.2, -0.15) is 4.31 Å². The third kappa shape index (κ3) is 4.02. The Labute approximate surface area is 149 Å². The first-order chi connectivity index (χ1) is 11.4. The second-order valence-corrected chi connectivity index (χ2v) is 9.90. The zero-order chi connectivity index (χ0) is 17.2. The molecule has 0 bridgehead atoms. The van der Waals surface area contributed by atoms with Crippen LogP contribution in [0.3, 0.4) is 0 Å². The van der Waals surface area contributed by atoms with E-state index in [1.54, 1.807) is 16.4 Å². The number of thiazole rings is 1. The number of sulfonamides is 1. The van der Waals surface area contributed by atoms with Crippen LogP contribution in [0, 0.1) is 6.92 Å². The van der Waals surface area contributed by atoms with Crippen molar-refractivity contribution in [3.63, 3.8) is 0 Å². The minimum Gasteiger partial charge on any atom is -0.302 e. The van der Waals surface area contributed by atoms with Crippen molar-refractivity contribution in [2.75, 3.05) is 18.4 Å². The number of nitrogens with zero attached hydrogens (tertiary/aromatic N) is 2. The summed E-state index contributed by atoms with van der Waals surface area (Å²) in [5, 5.41) is 5.17. The fraction of sp³-hybridized carbons (Fsp3) is 0.467. The molecule has 2 aromatic rings. The lowest BCUT2D eigenvalue weighted by Gasteiger charge is -2.25. The molecule has 3 rings (SSSR count). The number of anilines is 1. The van der Waals surface area contributed by atoms with Gasteiger partial charge in [0.25, 0.3) is 10.0 Å². The average molecular weight is 386 g/mol. The van der Waals surface area contributed by atoms with Gasteiger partial charge in [-0.3, -0.25) is 4.79 Å². The maximum atomic E-state index is 12.6. The molecule has 130 valence electrons. The summed E-state index contributed by atoms with van der Waals surface area (Å²) >= 11 is 2.54. The number of nitrogens with one attached hydrogen (secondary N) is 1. The second kappa shape index (κ2) is 7.30. The van der Waals surface area contributed by atoms with E-state index in [1.165, 1.54) is 22.7 Å². The van der Waals surface area contributed by atoms with Crippen molar-refractivity contribution in [1.29, 1.82) is 0 Å². The number of hydrogen-bond donors (Lipinski definition) is 1. The highest BCUT2D eigenvalue weighted by atomic mass is 32.2. The Kier molecular flexibility index (Phi) is 5.33. The predicted octanol–water partition coefficient (Wildman–Crippen LogP) is 2.87. The van der Waals surface area contributed by atoms with Crippen LogP contribution in [0.15, 0.2) is 21.7 Å². The molecule has 9 heteroatoms. The minimum absolute atomic E-state index is 0.152. The Balaban J connectivity index is 1.65. The van der Waals surface area contributed by atoms with Crippen LogP contribution in [0.2, 0.25) is 0 Å². The topological polar surface area (TPSA) is 79.4 Å². The van der Waals surface area contributed by atoms with E-state index in [2.05, 4.69) is 10.3 Å². The number of aryl methyl sites for hydroxylation is 1. The number of piperidine rings is 1. The van der Waals surface area contributed by atoms with E-state index < -0.39 is 10.0 Å². The van der Waals surface area contributed by atoms with Crippen molar-refractivity contribution in [2.45, 2.75) is 36.8 Å². The number of thiophene rings is 1. The number of carbonyl (C=O) groups excluding carboxylic acids is 1. The summed E-state index contributed by atoms with van der Waals surface area (Å²) in [5.41, 5.74) is 0.862. The molecular formula is C15H19N3O3S3. The summed E-state index contributed by atoms with van der Waals surface area (Å²) in [6, 6.07) is 3.32. The third-order valence-corrected chi connectivity index (χ3v) is 8.07. The van der Waals surface area contributed by atoms with Crippen LogP contribution in [0.25, 0.3) is 0 Å². The van der Waals surface area contributed by atoms with Crippen molar-refractivity contribution in [2.24, 2.45) is 0 Å². The van der Waals surface area contributed by atoms with Gasteiger partial charge in [0.2, 0.25) is 5.91 Å². The van der Waals surface area contributed by atoms with Gasteiger partial charge in [-0.15, -0.1) is 22.7 Å². The first-order valence-corrected chi connectivity index (χ1v) is 10.9. The van der Waals surface area contributed by atoms with Crippen LogP contribution in [0.1, 0.15) is 29.8 Å². The fourth-order valence-electron chi connectivity index (χ4n) is 2.56. The number of aromatic nitrogens is 1. The highest BCUT2D eigenvalue weighted by molar-refractivity contribution is 7.91. The average Bonchev–Trinajstić information content (AvgIpc) is 3.18. The van der Waals surface area contributed by atoms with Gasteiger partial charge in [0, 0.05) is 23.3 Å². The monoisotopic (exact) mass is 385 g/mol. The van der Waals surface area contributed by atoms with E-state index in [-0.39, 0.29) is 12.3 Å². The van der Waals surface area contributed by atoms with Crippen LogP contribution >= 0.6 is 22.7 Å². The summed E-state index contributed by atoms with van der Waals surface area (Å²) in [4.78, 5) is 17.0. The Morgan fingerprint density at radius 1 is 1.29 bits per heavy atom.